The molecule has 0 aliphatic rings. The van der Waals surface area contributed by atoms with Gasteiger partial charge in [0, 0.05) is 11.8 Å². The summed E-state index contributed by atoms with van der Waals surface area (Å²) in [7, 11) is 0. The smallest absolute Gasteiger partial charge is 0.121 e. The van der Waals surface area contributed by atoms with Crippen LogP contribution in [0.2, 0.25) is 0 Å². The zero-order valence-corrected chi connectivity index (χ0v) is 8.29. The van der Waals surface area contributed by atoms with E-state index < -0.39 is 0 Å². The Bertz CT molecular complexity index is 260. The average Bonchev–Trinajstić information content (AvgIpc) is 2.14. The minimum absolute atomic E-state index is 0.599. The van der Waals surface area contributed by atoms with E-state index >= 15 is 0 Å². The number of ether oxygens (including phenoxy) is 1. The van der Waals surface area contributed by atoms with Crippen LogP contribution in [0.3, 0.4) is 0 Å². The van der Waals surface area contributed by atoms with Crippen molar-refractivity contribution in [3.63, 3.8) is 0 Å². The molecule has 1 atom stereocenters. The van der Waals surface area contributed by atoms with Crippen molar-refractivity contribution in [3.05, 3.63) is 24.3 Å². The van der Waals surface area contributed by atoms with Crippen molar-refractivity contribution >= 4 is 5.69 Å². The molecule has 0 saturated carbocycles. The van der Waals surface area contributed by atoms with Gasteiger partial charge in [-0.1, -0.05) is 26.3 Å². The molecule has 0 aromatic heterocycles. The van der Waals surface area contributed by atoms with Crippen LogP contribution in [0.15, 0.2) is 24.3 Å². The number of nitrogens with two attached hydrogens (primary N) is 1. The van der Waals surface area contributed by atoms with E-state index in [0.717, 1.165) is 24.5 Å². The van der Waals surface area contributed by atoms with Crippen molar-refractivity contribution in [1.29, 1.82) is 0 Å². The Morgan fingerprint density at radius 2 is 2.23 bits per heavy atom. The van der Waals surface area contributed by atoms with Crippen LogP contribution in [-0.2, 0) is 0 Å². The molecular formula is C11H17NO. The molecule has 2 heteroatoms. The Morgan fingerprint density at radius 1 is 1.46 bits per heavy atom. The van der Waals surface area contributed by atoms with Gasteiger partial charge < -0.3 is 10.5 Å². The fourth-order valence-electron chi connectivity index (χ4n) is 0.961. The molecule has 1 unspecified atom stereocenters. The van der Waals surface area contributed by atoms with Crippen LogP contribution < -0.4 is 10.5 Å². The normalized spacial score (nSPS) is 12.5. The Morgan fingerprint density at radius 3 is 2.85 bits per heavy atom. The summed E-state index contributed by atoms with van der Waals surface area (Å²) in [6.07, 6.45) is 1.14. The summed E-state index contributed by atoms with van der Waals surface area (Å²) < 4.78 is 5.56. The van der Waals surface area contributed by atoms with E-state index in [0.29, 0.717) is 5.92 Å². The summed E-state index contributed by atoms with van der Waals surface area (Å²) >= 11 is 0. The summed E-state index contributed by atoms with van der Waals surface area (Å²) in [5.74, 6) is 1.46. The molecule has 0 amide bonds. The standard InChI is InChI=1S/C11H17NO/c1-3-9(2)8-13-11-6-4-5-10(12)7-11/h4-7,9H,3,8,12H2,1-2H3. The van der Waals surface area contributed by atoms with E-state index in [1.165, 1.54) is 0 Å². The summed E-state index contributed by atoms with van der Waals surface area (Å²) in [6, 6.07) is 7.54. The van der Waals surface area contributed by atoms with Crippen molar-refractivity contribution in [1.82, 2.24) is 0 Å². The maximum absolute atomic E-state index is 5.62. The molecule has 0 heterocycles. The van der Waals surface area contributed by atoms with E-state index in [1.807, 2.05) is 24.3 Å². The molecule has 1 rings (SSSR count). The lowest BCUT2D eigenvalue weighted by Gasteiger charge is -2.10. The third-order valence-corrected chi connectivity index (χ3v) is 2.09. The summed E-state index contributed by atoms with van der Waals surface area (Å²) in [4.78, 5) is 0. The van der Waals surface area contributed by atoms with Gasteiger partial charge in [-0.15, -0.1) is 0 Å². The second-order valence-electron chi connectivity index (χ2n) is 3.40. The topological polar surface area (TPSA) is 35.2 Å². The van der Waals surface area contributed by atoms with Crippen molar-refractivity contribution in [2.45, 2.75) is 20.3 Å². The lowest BCUT2D eigenvalue weighted by molar-refractivity contribution is 0.257. The zero-order chi connectivity index (χ0) is 9.68. The fourth-order valence-corrected chi connectivity index (χ4v) is 0.961. The maximum atomic E-state index is 5.62. The molecule has 0 spiro atoms. The Balaban J connectivity index is 2.45. The summed E-state index contributed by atoms with van der Waals surface area (Å²) in [5, 5.41) is 0. The minimum Gasteiger partial charge on any atom is -0.493 e. The molecule has 0 fully saturated rings. The quantitative estimate of drug-likeness (QED) is 0.721. The molecule has 2 N–H and O–H groups in total. The van der Waals surface area contributed by atoms with E-state index in [4.69, 9.17) is 10.5 Å². The van der Waals surface area contributed by atoms with Crippen LogP contribution in [0, 0.1) is 5.92 Å². The first-order valence-corrected chi connectivity index (χ1v) is 4.70. The SMILES string of the molecule is CCC(C)COc1cccc(N)c1. The first kappa shape index (κ1) is 9.90. The molecular weight excluding hydrogens is 162 g/mol. The first-order chi connectivity index (χ1) is 6.22. The number of hydrogen-bond donors (Lipinski definition) is 1. The highest BCUT2D eigenvalue weighted by molar-refractivity contribution is 5.43. The van der Waals surface area contributed by atoms with Crippen LogP contribution in [-0.4, -0.2) is 6.61 Å². The Kier molecular flexibility index (Phi) is 3.62. The van der Waals surface area contributed by atoms with E-state index in [1.54, 1.807) is 0 Å². The van der Waals surface area contributed by atoms with Crippen LogP contribution in [0.5, 0.6) is 5.75 Å². The molecule has 72 valence electrons. The van der Waals surface area contributed by atoms with E-state index in [-0.39, 0.29) is 0 Å². The molecule has 2 nitrogen and oxygen atoms in total. The monoisotopic (exact) mass is 179 g/mol. The predicted molar refractivity (Wildman–Crippen MR) is 55.8 cm³/mol. The number of nitrogen functional groups attached to an aromatic ring is 1. The second kappa shape index (κ2) is 4.75. The molecule has 0 aliphatic carbocycles. The van der Waals surface area contributed by atoms with Crippen LogP contribution >= 0.6 is 0 Å². The first-order valence-electron chi connectivity index (χ1n) is 4.70. The van der Waals surface area contributed by atoms with Gasteiger partial charge in [-0.25, -0.2) is 0 Å². The second-order valence-corrected chi connectivity index (χ2v) is 3.40. The Hall–Kier alpha value is -1.18. The van der Waals surface area contributed by atoms with Gasteiger partial charge in [0.1, 0.15) is 5.75 Å². The molecule has 1 aromatic carbocycles. The van der Waals surface area contributed by atoms with E-state index in [2.05, 4.69) is 13.8 Å². The highest BCUT2D eigenvalue weighted by Gasteiger charge is 1.99. The molecule has 1 aromatic rings. The molecule has 0 radical (unpaired) electrons. The van der Waals surface area contributed by atoms with Crippen LogP contribution in [0.1, 0.15) is 20.3 Å². The summed E-state index contributed by atoms with van der Waals surface area (Å²) in [6.45, 7) is 5.10. The highest BCUT2D eigenvalue weighted by Crippen LogP contribution is 2.15. The van der Waals surface area contributed by atoms with Gasteiger partial charge in [-0.05, 0) is 18.1 Å². The number of anilines is 1. The lowest BCUT2D eigenvalue weighted by Crippen LogP contribution is -2.07. The van der Waals surface area contributed by atoms with Gasteiger partial charge >= 0.3 is 0 Å². The van der Waals surface area contributed by atoms with Gasteiger partial charge in [0.2, 0.25) is 0 Å². The highest BCUT2D eigenvalue weighted by atomic mass is 16.5. The number of rotatable bonds is 4. The van der Waals surface area contributed by atoms with Gasteiger partial charge in [0.25, 0.3) is 0 Å². The minimum atomic E-state index is 0.599. The molecule has 0 saturated heterocycles. The number of benzene rings is 1. The van der Waals surface area contributed by atoms with E-state index in [9.17, 15) is 0 Å². The van der Waals surface area contributed by atoms with Gasteiger partial charge in [-0.3, -0.25) is 0 Å². The van der Waals surface area contributed by atoms with Crippen molar-refractivity contribution in [3.8, 4) is 5.75 Å². The summed E-state index contributed by atoms with van der Waals surface area (Å²) in [5.41, 5.74) is 6.37. The molecule has 0 bridgehead atoms. The third kappa shape index (κ3) is 3.36. The van der Waals surface area contributed by atoms with Gasteiger partial charge in [-0.2, -0.15) is 0 Å². The average molecular weight is 179 g/mol. The van der Waals surface area contributed by atoms with Crippen LogP contribution in [0.25, 0.3) is 0 Å². The molecule has 13 heavy (non-hydrogen) atoms. The number of hydrogen-bond acceptors (Lipinski definition) is 2. The zero-order valence-electron chi connectivity index (χ0n) is 8.29. The van der Waals surface area contributed by atoms with Crippen LogP contribution in [0.4, 0.5) is 5.69 Å². The predicted octanol–water partition coefficient (Wildman–Crippen LogP) is 2.69. The molecule has 0 aliphatic heterocycles. The fraction of sp³-hybridized carbons (Fsp3) is 0.455. The largest absolute Gasteiger partial charge is 0.493 e. The maximum Gasteiger partial charge on any atom is 0.121 e. The van der Waals surface area contributed by atoms with Gasteiger partial charge in [0.15, 0.2) is 0 Å². The van der Waals surface area contributed by atoms with Crippen molar-refractivity contribution < 1.29 is 4.74 Å². The third-order valence-electron chi connectivity index (χ3n) is 2.09. The van der Waals surface area contributed by atoms with Crippen molar-refractivity contribution in [2.75, 3.05) is 12.3 Å². The Labute approximate surface area is 79.7 Å². The van der Waals surface area contributed by atoms with Gasteiger partial charge in [0.05, 0.1) is 6.61 Å². The van der Waals surface area contributed by atoms with Crippen molar-refractivity contribution in [2.24, 2.45) is 5.92 Å². The lowest BCUT2D eigenvalue weighted by atomic mass is 10.1.